The molecule has 0 amide bonds. The van der Waals surface area contributed by atoms with E-state index in [0.717, 1.165) is 0 Å². The van der Waals surface area contributed by atoms with E-state index in [9.17, 15) is 4.79 Å². The molecule has 0 bridgehead atoms. The van der Waals surface area contributed by atoms with Crippen LogP contribution in [0.15, 0.2) is 46.9 Å². The maximum Gasteiger partial charge on any atom is 0.310 e. The minimum absolute atomic E-state index is 0.427. The second kappa shape index (κ2) is 5.22. The van der Waals surface area contributed by atoms with Crippen LogP contribution in [0.25, 0.3) is 22.6 Å². The summed E-state index contributed by atoms with van der Waals surface area (Å²) in [5.74, 6) is -1.04. The number of nitrogens with zero attached hydrogens (tertiary/aromatic N) is 1. The first-order chi connectivity index (χ1) is 10.1. The number of rotatable bonds is 3. The van der Waals surface area contributed by atoms with Crippen molar-refractivity contribution in [1.82, 2.24) is 4.98 Å². The van der Waals surface area contributed by atoms with E-state index in [1.54, 1.807) is 31.2 Å². The molecule has 1 atom stereocenters. The van der Waals surface area contributed by atoms with Gasteiger partial charge in [0.2, 0.25) is 5.89 Å². The maximum atomic E-state index is 11.0. The average molecular weight is 302 g/mol. The van der Waals surface area contributed by atoms with Crippen molar-refractivity contribution in [2.24, 2.45) is 0 Å². The predicted octanol–water partition coefficient (Wildman–Crippen LogP) is 4.34. The lowest BCUT2D eigenvalue weighted by molar-refractivity contribution is -0.138. The topological polar surface area (TPSA) is 63.3 Å². The van der Waals surface area contributed by atoms with Gasteiger partial charge in [0.05, 0.1) is 16.5 Å². The summed E-state index contributed by atoms with van der Waals surface area (Å²) in [7, 11) is 0. The minimum Gasteiger partial charge on any atom is -0.481 e. The van der Waals surface area contributed by atoms with Gasteiger partial charge in [0.25, 0.3) is 0 Å². The van der Waals surface area contributed by atoms with Crippen LogP contribution >= 0.6 is 11.6 Å². The number of benzene rings is 2. The van der Waals surface area contributed by atoms with Crippen LogP contribution < -0.4 is 0 Å². The first-order valence-electron chi connectivity index (χ1n) is 6.44. The van der Waals surface area contributed by atoms with Gasteiger partial charge in [-0.3, -0.25) is 4.79 Å². The highest BCUT2D eigenvalue weighted by molar-refractivity contribution is 6.33. The Morgan fingerprint density at radius 2 is 2.05 bits per heavy atom. The molecule has 1 heterocycles. The minimum atomic E-state index is -0.875. The molecule has 0 radical (unpaired) electrons. The molecule has 0 aliphatic rings. The van der Waals surface area contributed by atoms with Crippen molar-refractivity contribution in [3.05, 3.63) is 53.1 Å². The van der Waals surface area contributed by atoms with Gasteiger partial charge in [0.15, 0.2) is 5.58 Å². The number of aromatic nitrogens is 1. The Labute approximate surface area is 126 Å². The number of hydrogen-bond acceptors (Lipinski definition) is 3. The molecule has 0 unspecified atom stereocenters. The van der Waals surface area contributed by atoms with E-state index in [-0.39, 0.29) is 0 Å². The third-order valence-corrected chi connectivity index (χ3v) is 3.72. The highest BCUT2D eigenvalue weighted by Crippen LogP contribution is 2.31. The highest BCUT2D eigenvalue weighted by atomic mass is 35.5. The van der Waals surface area contributed by atoms with E-state index in [0.29, 0.717) is 33.1 Å². The molecule has 0 aliphatic carbocycles. The zero-order valence-electron chi connectivity index (χ0n) is 11.2. The van der Waals surface area contributed by atoms with Gasteiger partial charge in [-0.05, 0) is 36.8 Å². The Balaban J connectivity index is 2.09. The molecule has 2 aromatic carbocycles. The molecule has 1 aromatic heterocycles. The van der Waals surface area contributed by atoms with E-state index in [2.05, 4.69) is 4.98 Å². The fraction of sp³-hybridized carbons (Fsp3) is 0.125. The zero-order valence-corrected chi connectivity index (χ0v) is 12.0. The average Bonchev–Trinajstić information content (AvgIpc) is 2.89. The summed E-state index contributed by atoms with van der Waals surface area (Å²) in [4.78, 5) is 15.4. The van der Waals surface area contributed by atoms with Crippen molar-refractivity contribution in [3.8, 4) is 11.5 Å². The number of carboxylic acids is 1. The number of carbonyl (C=O) groups is 1. The molecule has 0 spiro atoms. The van der Waals surface area contributed by atoms with Crippen molar-refractivity contribution in [1.29, 1.82) is 0 Å². The number of halogens is 1. The molecular formula is C16H12ClNO3. The quantitative estimate of drug-likeness (QED) is 0.781. The number of hydrogen-bond donors (Lipinski definition) is 1. The van der Waals surface area contributed by atoms with Gasteiger partial charge in [0.1, 0.15) is 5.52 Å². The molecule has 4 nitrogen and oxygen atoms in total. The lowest BCUT2D eigenvalue weighted by Crippen LogP contribution is -2.06. The van der Waals surface area contributed by atoms with Gasteiger partial charge < -0.3 is 9.52 Å². The number of carboxylic acid groups (broad SMARTS) is 1. The summed E-state index contributed by atoms with van der Waals surface area (Å²) in [5, 5.41) is 9.62. The number of oxazole rings is 1. The summed E-state index contributed by atoms with van der Waals surface area (Å²) in [6, 6.07) is 12.5. The van der Waals surface area contributed by atoms with Gasteiger partial charge in [-0.25, -0.2) is 4.98 Å². The summed E-state index contributed by atoms with van der Waals surface area (Å²) in [6.07, 6.45) is 0. The lowest BCUT2D eigenvalue weighted by Gasteiger charge is -2.04. The number of fused-ring (bicyclic) bond motifs is 1. The first-order valence-corrected chi connectivity index (χ1v) is 6.82. The predicted molar refractivity (Wildman–Crippen MR) is 80.5 cm³/mol. The van der Waals surface area contributed by atoms with Gasteiger partial charge in [-0.2, -0.15) is 0 Å². The Morgan fingerprint density at radius 1 is 1.29 bits per heavy atom. The highest BCUT2D eigenvalue weighted by Gasteiger charge is 2.16. The maximum absolute atomic E-state index is 11.0. The monoisotopic (exact) mass is 301 g/mol. The first kappa shape index (κ1) is 13.6. The van der Waals surface area contributed by atoms with Gasteiger partial charge >= 0.3 is 5.97 Å². The standard InChI is InChI=1S/C16H12ClNO3/c1-9(16(19)20)10-6-7-13-14(8-10)21-15(18-13)11-4-2-3-5-12(11)17/h2-9H,1H3,(H,19,20)/t9-/m0/s1. The molecular weight excluding hydrogens is 290 g/mol. The van der Waals surface area contributed by atoms with Crippen LogP contribution in [0.3, 0.4) is 0 Å². The van der Waals surface area contributed by atoms with E-state index >= 15 is 0 Å². The van der Waals surface area contributed by atoms with Crippen LogP contribution in [0.1, 0.15) is 18.4 Å². The Hall–Kier alpha value is -2.33. The van der Waals surface area contributed by atoms with Crippen LogP contribution in [-0.2, 0) is 4.79 Å². The molecule has 5 heteroatoms. The molecule has 0 saturated carbocycles. The Bertz CT molecular complexity index is 825. The normalized spacial score (nSPS) is 12.5. The SMILES string of the molecule is C[C@H](C(=O)O)c1ccc2nc(-c3ccccc3Cl)oc2c1. The molecule has 106 valence electrons. The molecule has 3 rings (SSSR count). The third-order valence-electron chi connectivity index (χ3n) is 3.39. The molecule has 21 heavy (non-hydrogen) atoms. The van der Waals surface area contributed by atoms with Crippen molar-refractivity contribution in [3.63, 3.8) is 0 Å². The molecule has 3 aromatic rings. The van der Waals surface area contributed by atoms with E-state index in [4.69, 9.17) is 21.1 Å². The fourth-order valence-electron chi connectivity index (χ4n) is 2.10. The van der Waals surface area contributed by atoms with Crippen molar-refractivity contribution < 1.29 is 14.3 Å². The van der Waals surface area contributed by atoms with Crippen LogP contribution in [0.4, 0.5) is 0 Å². The van der Waals surface area contributed by atoms with Crippen LogP contribution in [0.2, 0.25) is 5.02 Å². The smallest absolute Gasteiger partial charge is 0.310 e. The summed E-state index contributed by atoms with van der Waals surface area (Å²) >= 11 is 6.13. The second-order valence-electron chi connectivity index (χ2n) is 4.79. The van der Waals surface area contributed by atoms with Crippen molar-refractivity contribution >= 4 is 28.7 Å². The fourth-order valence-corrected chi connectivity index (χ4v) is 2.32. The van der Waals surface area contributed by atoms with E-state index in [1.165, 1.54) is 0 Å². The van der Waals surface area contributed by atoms with Gasteiger partial charge in [-0.1, -0.05) is 29.8 Å². The van der Waals surface area contributed by atoms with Crippen LogP contribution in [0.5, 0.6) is 0 Å². The Kier molecular flexibility index (Phi) is 3.39. The van der Waals surface area contributed by atoms with Gasteiger partial charge in [-0.15, -0.1) is 0 Å². The van der Waals surface area contributed by atoms with E-state index in [1.807, 2.05) is 18.2 Å². The van der Waals surface area contributed by atoms with E-state index < -0.39 is 11.9 Å². The van der Waals surface area contributed by atoms with Crippen LogP contribution in [0, 0.1) is 0 Å². The summed E-state index contributed by atoms with van der Waals surface area (Å²) < 4.78 is 5.72. The molecule has 0 aliphatic heterocycles. The molecule has 0 saturated heterocycles. The largest absolute Gasteiger partial charge is 0.481 e. The molecule has 0 fully saturated rings. The summed E-state index contributed by atoms with van der Waals surface area (Å²) in [5.41, 5.74) is 2.61. The Morgan fingerprint density at radius 3 is 2.76 bits per heavy atom. The third kappa shape index (κ3) is 2.50. The number of aliphatic carboxylic acids is 1. The van der Waals surface area contributed by atoms with Gasteiger partial charge in [0, 0.05) is 0 Å². The van der Waals surface area contributed by atoms with Crippen molar-refractivity contribution in [2.45, 2.75) is 12.8 Å². The zero-order chi connectivity index (χ0) is 15.0. The summed E-state index contributed by atoms with van der Waals surface area (Å²) in [6.45, 7) is 1.63. The van der Waals surface area contributed by atoms with Crippen LogP contribution in [-0.4, -0.2) is 16.1 Å². The molecule has 1 N–H and O–H groups in total. The lowest BCUT2D eigenvalue weighted by atomic mass is 10.0. The van der Waals surface area contributed by atoms with Crippen molar-refractivity contribution in [2.75, 3.05) is 0 Å². The second-order valence-corrected chi connectivity index (χ2v) is 5.19.